The number of carbonyl (C=O) groups excluding carboxylic acids is 2. The van der Waals surface area contributed by atoms with Crippen molar-refractivity contribution in [1.82, 2.24) is 19.6 Å². The standard InChI is InChI=1S/C19H30N4O2/c1-19(2,3)23-14-16(13-17(23)24)18(25)21-10-5-15(6-11-21)7-12-22-9-4-8-20-22/h4,8-9,15-16H,5-7,10-14H2,1-3H3. The van der Waals surface area contributed by atoms with E-state index in [-0.39, 0.29) is 23.3 Å². The number of aryl methyl sites for hydroxylation is 1. The monoisotopic (exact) mass is 346 g/mol. The molecule has 1 atom stereocenters. The highest BCUT2D eigenvalue weighted by molar-refractivity contribution is 5.89. The van der Waals surface area contributed by atoms with Crippen LogP contribution in [0.3, 0.4) is 0 Å². The third-order valence-corrected chi connectivity index (χ3v) is 5.54. The number of piperidine rings is 1. The Balaban J connectivity index is 1.46. The van der Waals surface area contributed by atoms with Crippen molar-refractivity contribution in [3.05, 3.63) is 18.5 Å². The van der Waals surface area contributed by atoms with E-state index in [1.54, 1.807) is 0 Å². The maximum atomic E-state index is 12.8. The van der Waals surface area contributed by atoms with Gasteiger partial charge in [0.1, 0.15) is 0 Å². The number of nitrogens with zero attached hydrogens (tertiary/aromatic N) is 4. The maximum Gasteiger partial charge on any atom is 0.227 e. The van der Waals surface area contributed by atoms with Crippen LogP contribution in [0.4, 0.5) is 0 Å². The molecule has 0 radical (unpaired) electrons. The molecule has 6 heteroatoms. The minimum Gasteiger partial charge on any atom is -0.342 e. The second-order valence-corrected chi connectivity index (χ2v) is 8.40. The molecule has 2 aliphatic rings. The van der Waals surface area contributed by atoms with Gasteiger partial charge in [0.15, 0.2) is 0 Å². The Hall–Kier alpha value is -1.85. The molecule has 2 fully saturated rings. The fraction of sp³-hybridized carbons (Fsp3) is 0.737. The number of hydrogen-bond donors (Lipinski definition) is 0. The van der Waals surface area contributed by atoms with Crippen LogP contribution in [0.15, 0.2) is 18.5 Å². The number of hydrogen-bond acceptors (Lipinski definition) is 3. The largest absolute Gasteiger partial charge is 0.342 e. The van der Waals surface area contributed by atoms with Crippen molar-refractivity contribution in [1.29, 1.82) is 0 Å². The van der Waals surface area contributed by atoms with E-state index in [0.29, 0.717) is 18.9 Å². The summed E-state index contributed by atoms with van der Waals surface area (Å²) in [5.74, 6) is 0.780. The quantitative estimate of drug-likeness (QED) is 0.839. The fourth-order valence-electron chi connectivity index (χ4n) is 3.97. The molecule has 3 rings (SSSR count). The summed E-state index contributed by atoms with van der Waals surface area (Å²) >= 11 is 0. The molecule has 0 saturated carbocycles. The van der Waals surface area contributed by atoms with Crippen LogP contribution in [0, 0.1) is 11.8 Å². The molecule has 2 aliphatic heterocycles. The van der Waals surface area contributed by atoms with E-state index in [2.05, 4.69) is 5.10 Å². The average Bonchev–Trinajstić information content (AvgIpc) is 3.21. The smallest absolute Gasteiger partial charge is 0.227 e. The first-order valence-electron chi connectivity index (χ1n) is 9.41. The third-order valence-electron chi connectivity index (χ3n) is 5.54. The van der Waals surface area contributed by atoms with E-state index in [1.807, 2.05) is 53.7 Å². The summed E-state index contributed by atoms with van der Waals surface area (Å²) in [7, 11) is 0. The lowest BCUT2D eigenvalue weighted by atomic mass is 9.92. The van der Waals surface area contributed by atoms with Crippen molar-refractivity contribution < 1.29 is 9.59 Å². The number of carbonyl (C=O) groups is 2. The zero-order valence-corrected chi connectivity index (χ0v) is 15.6. The van der Waals surface area contributed by atoms with Crippen LogP contribution in [0.2, 0.25) is 0 Å². The highest BCUT2D eigenvalue weighted by Crippen LogP contribution is 2.29. The molecule has 6 nitrogen and oxygen atoms in total. The minimum atomic E-state index is -0.203. The summed E-state index contributed by atoms with van der Waals surface area (Å²) in [6.07, 6.45) is 7.40. The Bertz CT molecular complexity index is 597. The zero-order valence-electron chi connectivity index (χ0n) is 15.6. The van der Waals surface area contributed by atoms with Gasteiger partial charge in [0.25, 0.3) is 0 Å². The summed E-state index contributed by atoms with van der Waals surface area (Å²) in [5.41, 5.74) is -0.203. The molecule has 0 bridgehead atoms. The normalized spacial score (nSPS) is 22.7. The van der Waals surface area contributed by atoms with Gasteiger partial charge in [-0.2, -0.15) is 5.10 Å². The average molecular weight is 346 g/mol. The van der Waals surface area contributed by atoms with Crippen molar-refractivity contribution in [2.24, 2.45) is 11.8 Å². The van der Waals surface area contributed by atoms with Gasteiger partial charge in [-0.25, -0.2) is 0 Å². The number of amides is 2. The molecule has 1 aromatic heterocycles. The van der Waals surface area contributed by atoms with Crippen molar-refractivity contribution in [2.45, 2.75) is 58.5 Å². The molecule has 1 aromatic rings. The van der Waals surface area contributed by atoms with Crippen LogP contribution in [0.1, 0.15) is 46.5 Å². The number of likely N-dealkylation sites (tertiary alicyclic amines) is 2. The first kappa shape index (κ1) is 18.0. The molecule has 2 saturated heterocycles. The van der Waals surface area contributed by atoms with Crippen LogP contribution >= 0.6 is 0 Å². The molecular formula is C19H30N4O2. The van der Waals surface area contributed by atoms with Gasteiger partial charge in [-0.05, 0) is 52.0 Å². The SMILES string of the molecule is CC(C)(C)N1CC(C(=O)N2CCC(CCn3cccn3)CC2)CC1=O. The van der Waals surface area contributed by atoms with Crippen molar-refractivity contribution in [2.75, 3.05) is 19.6 Å². The molecule has 25 heavy (non-hydrogen) atoms. The van der Waals surface area contributed by atoms with Gasteiger partial charge in [0.05, 0.1) is 5.92 Å². The van der Waals surface area contributed by atoms with Gasteiger partial charge < -0.3 is 9.80 Å². The van der Waals surface area contributed by atoms with Crippen molar-refractivity contribution >= 4 is 11.8 Å². The molecule has 3 heterocycles. The highest BCUT2D eigenvalue weighted by atomic mass is 16.2. The van der Waals surface area contributed by atoms with E-state index in [0.717, 1.165) is 38.9 Å². The predicted molar refractivity (Wildman–Crippen MR) is 95.7 cm³/mol. The van der Waals surface area contributed by atoms with Gasteiger partial charge in [-0.15, -0.1) is 0 Å². The Morgan fingerprint density at radius 3 is 2.56 bits per heavy atom. The van der Waals surface area contributed by atoms with Crippen LogP contribution < -0.4 is 0 Å². The first-order chi connectivity index (χ1) is 11.8. The summed E-state index contributed by atoms with van der Waals surface area (Å²) in [6.45, 7) is 9.25. The lowest BCUT2D eigenvalue weighted by Gasteiger charge is -2.34. The van der Waals surface area contributed by atoms with Crippen LogP contribution in [-0.2, 0) is 16.1 Å². The molecule has 0 spiro atoms. The third kappa shape index (κ3) is 4.22. The Labute approximate surface area is 150 Å². The number of aromatic nitrogens is 2. The van der Waals surface area contributed by atoms with Gasteiger partial charge in [0.2, 0.25) is 11.8 Å². The topological polar surface area (TPSA) is 58.4 Å². The van der Waals surface area contributed by atoms with Crippen molar-refractivity contribution in [3.63, 3.8) is 0 Å². The first-order valence-corrected chi connectivity index (χ1v) is 9.41. The Morgan fingerprint density at radius 1 is 1.28 bits per heavy atom. The molecule has 138 valence electrons. The van der Waals surface area contributed by atoms with Crippen LogP contribution in [-0.4, -0.2) is 56.6 Å². The second kappa shape index (κ2) is 7.18. The second-order valence-electron chi connectivity index (χ2n) is 8.40. The van der Waals surface area contributed by atoms with E-state index >= 15 is 0 Å². The van der Waals surface area contributed by atoms with E-state index in [4.69, 9.17) is 0 Å². The summed E-state index contributed by atoms with van der Waals surface area (Å²) in [4.78, 5) is 28.9. The Morgan fingerprint density at radius 2 is 2.00 bits per heavy atom. The van der Waals surface area contributed by atoms with Gasteiger partial charge in [0, 0.05) is 50.5 Å². The zero-order chi connectivity index (χ0) is 18.0. The molecule has 0 N–H and O–H groups in total. The van der Waals surface area contributed by atoms with Crippen LogP contribution in [0.5, 0.6) is 0 Å². The van der Waals surface area contributed by atoms with Gasteiger partial charge >= 0.3 is 0 Å². The molecule has 0 aromatic carbocycles. The van der Waals surface area contributed by atoms with E-state index in [9.17, 15) is 9.59 Å². The van der Waals surface area contributed by atoms with Crippen molar-refractivity contribution in [3.8, 4) is 0 Å². The lowest BCUT2D eigenvalue weighted by molar-refractivity contribution is -0.137. The molecule has 2 amide bonds. The number of rotatable bonds is 4. The van der Waals surface area contributed by atoms with E-state index in [1.165, 1.54) is 0 Å². The van der Waals surface area contributed by atoms with Gasteiger partial charge in [-0.1, -0.05) is 0 Å². The maximum absolute atomic E-state index is 12.8. The Kier molecular flexibility index (Phi) is 5.16. The fourth-order valence-corrected chi connectivity index (χ4v) is 3.97. The minimum absolute atomic E-state index is 0.111. The summed E-state index contributed by atoms with van der Waals surface area (Å²) in [6, 6.07) is 1.95. The van der Waals surface area contributed by atoms with E-state index < -0.39 is 0 Å². The van der Waals surface area contributed by atoms with Crippen LogP contribution in [0.25, 0.3) is 0 Å². The summed E-state index contributed by atoms with van der Waals surface area (Å²) in [5, 5.41) is 4.25. The lowest BCUT2D eigenvalue weighted by Crippen LogP contribution is -2.45. The molecule has 0 aliphatic carbocycles. The molecule has 1 unspecified atom stereocenters. The van der Waals surface area contributed by atoms with Gasteiger partial charge in [-0.3, -0.25) is 14.3 Å². The summed E-state index contributed by atoms with van der Waals surface area (Å²) < 4.78 is 1.97. The predicted octanol–water partition coefficient (Wildman–Crippen LogP) is 2.16. The molecular weight excluding hydrogens is 316 g/mol. The highest BCUT2D eigenvalue weighted by Gasteiger charge is 2.41.